The van der Waals surface area contributed by atoms with Crippen LogP contribution < -0.4 is 0 Å². The number of hydrogen-bond acceptors (Lipinski definition) is 4. The number of nitrogens with zero attached hydrogens (tertiary/aromatic N) is 4. The summed E-state index contributed by atoms with van der Waals surface area (Å²) in [4.78, 5) is 14.3. The first-order valence-corrected chi connectivity index (χ1v) is 11.6. The molecule has 0 radical (unpaired) electrons. The van der Waals surface area contributed by atoms with Gasteiger partial charge in [0, 0.05) is 26.2 Å². The Morgan fingerprint density at radius 3 is 2.28 bits per heavy atom. The molecule has 4 rings (SSSR count). The first-order valence-electron chi connectivity index (χ1n) is 9.75. The normalized spacial score (nSPS) is 15.2. The number of carbonyl (C=O) groups excluding carboxylic acids is 1. The molecular weight excluding hydrogens is 462 g/mol. The van der Waals surface area contributed by atoms with Crippen LogP contribution in [-0.2, 0) is 10.0 Å². The van der Waals surface area contributed by atoms with Crippen LogP contribution >= 0.6 is 11.6 Å². The molecule has 0 unspecified atom stereocenters. The van der Waals surface area contributed by atoms with E-state index in [0.717, 1.165) is 16.4 Å². The average Bonchev–Trinajstić information content (AvgIpc) is 3.09. The van der Waals surface area contributed by atoms with E-state index in [-0.39, 0.29) is 47.7 Å². The van der Waals surface area contributed by atoms with Gasteiger partial charge < -0.3 is 4.90 Å². The van der Waals surface area contributed by atoms with E-state index in [0.29, 0.717) is 17.4 Å². The Morgan fingerprint density at radius 1 is 1.00 bits per heavy atom. The number of aryl methyl sites for hydroxylation is 1. The molecule has 0 bridgehead atoms. The molecule has 1 aromatic heterocycles. The summed E-state index contributed by atoms with van der Waals surface area (Å²) >= 11 is 6.47. The van der Waals surface area contributed by atoms with Gasteiger partial charge in [0.2, 0.25) is 10.0 Å². The first kappa shape index (κ1) is 22.4. The van der Waals surface area contributed by atoms with Crippen molar-refractivity contribution in [2.75, 3.05) is 26.2 Å². The predicted molar refractivity (Wildman–Crippen MR) is 114 cm³/mol. The number of carbonyl (C=O) groups is 1. The summed E-state index contributed by atoms with van der Waals surface area (Å²) in [6.45, 7) is 1.94. The molecule has 1 fully saturated rings. The number of piperazine rings is 1. The van der Waals surface area contributed by atoms with Crippen molar-refractivity contribution >= 4 is 27.5 Å². The van der Waals surface area contributed by atoms with Crippen molar-refractivity contribution in [3.8, 4) is 5.69 Å². The van der Waals surface area contributed by atoms with Gasteiger partial charge in [-0.05, 0) is 37.3 Å². The second-order valence-electron chi connectivity index (χ2n) is 7.27. The minimum Gasteiger partial charge on any atom is -0.336 e. The number of aromatic nitrogens is 2. The maximum atomic E-state index is 13.5. The SMILES string of the molecule is Cc1nn(-c2ccccc2)c(Cl)c1C(=O)N1CCN(S(=O)(=O)c2ccc(F)c(F)c2)CC1. The smallest absolute Gasteiger partial charge is 0.259 e. The van der Waals surface area contributed by atoms with Gasteiger partial charge in [0.15, 0.2) is 11.6 Å². The Bertz CT molecular complexity index is 1270. The minimum atomic E-state index is -4.02. The number of sulfonamides is 1. The number of halogens is 3. The van der Waals surface area contributed by atoms with Crippen molar-refractivity contribution in [3.63, 3.8) is 0 Å². The second kappa shape index (κ2) is 8.61. The number of rotatable bonds is 4. The highest BCUT2D eigenvalue weighted by molar-refractivity contribution is 7.89. The molecule has 0 aliphatic carbocycles. The predicted octanol–water partition coefficient (Wildman–Crippen LogP) is 3.26. The zero-order valence-electron chi connectivity index (χ0n) is 17.0. The second-order valence-corrected chi connectivity index (χ2v) is 9.57. The van der Waals surface area contributed by atoms with Crippen LogP contribution in [0.15, 0.2) is 53.4 Å². The monoisotopic (exact) mass is 480 g/mol. The number of para-hydroxylation sites is 1. The molecule has 2 aromatic carbocycles. The minimum absolute atomic E-state index is 0.0105. The summed E-state index contributed by atoms with van der Waals surface area (Å²) in [5, 5.41) is 4.55. The van der Waals surface area contributed by atoms with Crippen LogP contribution in [0.4, 0.5) is 8.78 Å². The van der Waals surface area contributed by atoms with E-state index in [1.54, 1.807) is 6.92 Å². The maximum Gasteiger partial charge on any atom is 0.259 e. The van der Waals surface area contributed by atoms with Crippen molar-refractivity contribution in [1.29, 1.82) is 0 Å². The molecule has 3 aromatic rings. The van der Waals surface area contributed by atoms with Crippen molar-refractivity contribution < 1.29 is 22.0 Å². The van der Waals surface area contributed by atoms with E-state index >= 15 is 0 Å². The van der Waals surface area contributed by atoms with E-state index in [1.807, 2.05) is 30.3 Å². The van der Waals surface area contributed by atoms with Gasteiger partial charge in [-0.2, -0.15) is 9.40 Å². The van der Waals surface area contributed by atoms with Crippen molar-refractivity contribution in [2.24, 2.45) is 0 Å². The van der Waals surface area contributed by atoms with Crippen LogP contribution in [0.2, 0.25) is 5.15 Å². The molecule has 32 heavy (non-hydrogen) atoms. The fourth-order valence-electron chi connectivity index (χ4n) is 3.56. The van der Waals surface area contributed by atoms with Gasteiger partial charge in [-0.3, -0.25) is 4.79 Å². The Balaban J connectivity index is 1.51. The molecule has 0 saturated carbocycles. The van der Waals surface area contributed by atoms with E-state index in [4.69, 9.17) is 11.6 Å². The van der Waals surface area contributed by atoms with Crippen molar-refractivity contribution in [1.82, 2.24) is 19.0 Å². The van der Waals surface area contributed by atoms with Gasteiger partial charge >= 0.3 is 0 Å². The summed E-state index contributed by atoms with van der Waals surface area (Å²) in [7, 11) is -4.02. The molecule has 7 nitrogen and oxygen atoms in total. The van der Waals surface area contributed by atoms with Gasteiger partial charge in [0.05, 0.1) is 21.8 Å². The van der Waals surface area contributed by atoms with Crippen LogP contribution in [0.3, 0.4) is 0 Å². The molecule has 0 spiro atoms. The van der Waals surface area contributed by atoms with Crippen LogP contribution in [0, 0.1) is 18.6 Å². The standard InChI is InChI=1S/C21H19ClF2N4O3S/c1-14-19(20(22)28(25-14)15-5-3-2-4-6-15)21(29)26-9-11-27(12-10-26)32(30,31)16-7-8-17(23)18(24)13-16/h2-8,13H,9-12H2,1H3. The lowest BCUT2D eigenvalue weighted by Gasteiger charge is -2.34. The highest BCUT2D eigenvalue weighted by Crippen LogP contribution is 2.26. The lowest BCUT2D eigenvalue weighted by atomic mass is 10.2. The lowest BCUT2D eigenvalue weighted by molar-refractivity contribution is 0.0697. The van der Waals surface area contributed by atoms with E-state index < -0.39 is 21.7 Å². The summed E-state index contributed by atoms with van der Waals surface area (Å²) in [6, 6.07) is 11.6. The Labute approximate surface area is 188 Å². The Kier molecular flexibility index (Phi) is 6.02. The number of amides is 1. The lowest BCUT2D eigenvalue weighted by Crippen LogP contribution is -2.50. The summed E-state index contributed by atoms with van der Waals surface area (Å²) < 4.78 is 54.8. The van der Waals surface area contributed by atoms with Crippen LogP contribution in [0.1, 0.15) is 16.1 Å². The maximum absolute atomic E-state index is 13.5. The molecule has 11 heteroatoms. The van der Waals surface area contributed by atoms with Gasteiger partial charge in [-0.25, -0.2) is 21.9 Å². The molecule has 1 aliphatic rings. The third kappa shape index (κ3) is 4.01. The molecule has 1 amide bonds. The molecule has 1 aliphatic heterocycles. The van der Waals surface area contributed by atoms with Gasteiger partial charge in [-0.15, -0.1) is 0 Å². The van der Waals surface area contributed by atoms with Crippen molar-refractivity contribution in [3.05, 3.63) is 76.6 Å². The topological polar surface area (TPSA) is 75.5 Å². The molecular formula is C21H19ClF2N4O3S. The van der Waals surface area contributed by atoms with E-state index in [2.05, 4.69) is 5.10 Å². The average molecular weight is 481 g/mol. The third-order valence-corrected chi connectivity index (χ3v) is 7.52. The summed E-state index contributed by atoms with van der Waals surface area (Å²) in [6.07, 6.45) is 0. The molecule has 168 valence electrons. The fraction of sp³-hybridized carbons (Fsp3) is 0.238. The third-order valence-electron chi connectivity index (χ3n) is 5.27. The Hall–Kier alpha value is -2.82. The Morgan fingerprint density at radius 2 is 1.66 bits per heavy atom. The van der Waals surface area contributed by atoms with Crippen LogP contribution in [-0.4, -0.2) is 59.5 Å². The van der Waals surface area contributed by atoms with E-state index in [1.165, 1.54) is 9.58 Å². The molecule has 2 heterocycles. The summed E-state index contributed by atoms with van der Waals surface area (Å²) in [5.41, 5.74) is 1.43. The highest BCUT2D eigenvalue weighted by Gasteiger charge is 2.33. The molecule has 0 N–H and O–H groups in total. The molecule has 0 atom stereocenters. The first-order chi connectivity index (χ1) is 15.2. The zero-order chi connectivity index (χ0) is 23.0. The van der Waals surface area contributed by atoms with E-state index in [9.17, 15) is 22.0 Å². The van der Waals surface area contributed by atoms with Gasteiger partial charge in [-0.1, -0.05) is 29.8 Å². The quantitative estimate of drug-likeness (QED) is 0.574. The number of benzene rings is 2. The molecule has 1 saturated heterocycles. The fourth-order valence-corrected chi connectivity index (χ4v) is 5.35. The van der Waals surface area contributed by atoms with Gasteiger partial charge in [0.1, 0.15) is 5.15 Å². The van der Waals surface area contributed by atoms with Crippen molar-refractivity contribution in [2.45, 2.75) is 11.8 Å². The number of hydrogen-bond donors (Lipinski definition) is 0. The van der Waals surface area contributed by atoms with Crippen LogP contribution in [0.5, 0.6) is 0 Å². The zero-order valence-corrected chi connectivity index (χ0v) is 18.6. The highest BCUT2D eigenvalue weighted by atomic mass is 35.5. The summed E-state index contributed by atoms with van der Waals surface area (Å²) in [5.74, 6) is -2.71. The van der Waals surface area contributed by atoms with Crippen LogP contribution in [0.25, 0.3) is 5.69 Å². The largest absolute Gasteiger partial charge is 0.336 e. The van der Waals surface area contributed by atoms with Gasteiger partial charge in [0.25, 0.3) is 5.91 Å².